The van der Waals surface area contributed by atoms with Gasteiger partial charge in [0.2, 0.25) is 0 Å². The molecule has 0 atom stereocenters. The Morgan fingerprint density at radius 3 is 2.79 bits per heavy atom. The average Bonchev–Trinajstić information content (AvgIpc) is 3.20. The molecule has 1 saturated heterocycles. The van der Waals surface area contributed by atoms with Crippen LogP contribution in [0.5, 0.6) is 0 Å². The van der Waals surface area contributed by atoms with Crippen molar-refractivity contribution >= 4 is 11.7 Å². The van der Waals surface area contributed by atoms with Gasteiger partial charge in [0.05, 0.1) is 12.3 Å². The highest BCUT2D eigenvalue weighted by Crippen LogP contribution is 2.37. The lowest BCUT2D eigenvalue weighted by atomic mass is 10.0. The minimum atomic E-state index is -0.255. The van der Waals surface area contributed by atoms with E-state index in [0.29, 0.717) is 29.9 Å². The average molecular weight is 264 g/mol. The first-order valence-corrected chi connectivity index (χ1v) is 6.96. The van der Waals surface area contributed by atoms with Gasteiger partial charge < -0.3 is 19.8 Å². The van der Waals surface area contributed by atoms with Gasteiger partial charge in [-0.15, -0.1) is 0 Å². The SMILES string of the molecule is Nc1cc(C(=O)OCC2CCOCC2)n(C2CC2)c1. The number of nitrogens with zero attached hydrogens (tertiary/aromatic N) is 1. The molecule has 19 heavy (non-hydrogen) atoms. The zero-order valence-corrected chi connectivity index (χ0v) is 11.0. The fourth-order valence-corrected chi connectivity index (χ4v) is 2.50. The van der Waals surface area contributed by atoms with Crippen molar-refractivity contribution in [1.29, 1.82) is 0 Å². The molecule has 0 unspecified atom stereocenters. The van der Waals surface area contributed by atoms with Crippen LogP contribution in [0.1, 0.15) is 42.2 Å². The third-order valence-electron chi connectivity index (χ3n) is 3.81. The molecule has 0 spiro atoms. The molecule has 2 N–H and O–H groups in total. The number of hydrogen-bond acceptors (Lipinski definition) is 4. The zero-order chi connectivity index (χ0) is 13.2. The van der Waals surface area contributed by atoms with Crippen LogP contribution in [0.4, 0.5) is 5.69 Å². The normalized spacial score (nSPS) is 20.4. The van der Waals surface area contributed by atoms with Gasteiger partial charge in [0.25, 0.3) is 0 Å². The van der Waals surface area contributed by atoms with E-state index >= 15 is 0 Å². The van der Waals surface area contributed by atoms with Crippen LogP contribution in [0.3, 0.4) is 0 Å². The van der Waals surface area contributed by atoms with E-state index in [-0.39, 0.29) is 5.97 Å². The molecule has 104 valence electrons. The molecule has 2 heterocycles. The molecule has 1 aromatic heterocycles. The van der Waals surface area contributed by atoms with Crippen LogP contribution in [0.25, 0.3) is 0 Å². The lowest BCUT2D eigenvalue weighted by molar-refractivity contribution is 0.0178. The number of rotatable bonds is 4. The summed E-state index contributed by atoms with van der Waals surface area (Å²) in [7, 11) is 0. The Morgan fingerprint density at radius 2 is 2.11 bits per heavy atom. The minimum Gasteiger partial charge on any atom is -0.461 e. The number of esters is 1. The van der Waals surface area contributed by atoms with E-state index < -0.39 is 0 Å². The van der Waals surface area contributed by atoms with Crippen molar-refractivity contribution in [2.45, 2.75) is 31.7 Å². The van der Waals surface area contributed by atoms with E-state index in [2.05, 4.69) is 0 Å². The topological polar surface area (TPSA) is 66.5 Å². The fraction of sp³-hybridized carbons (Fsp3) is 0.643. The van der Waals surface area contributed by atoms with Crippen molar-refractivity contribution in [3.63, 3.8) is 0 Å². The molecule has 3 rings (SSSR count). The molecule has 0 amide bonds. The molecule has 0 radical (unpaired) electrons. The molecule has 1 aliphatic carbocycles. The number of ether oxygens (including phenoxy) is 2. The summed E-state index contributed by atoms with van der Waals surface area (Å²) in [6.07, 6.45) is 6.02. The summed E-state index contributed by atoms with van der Waals surface area (Å²) in [5, 5.41) is 0. The molecule has 0 bridgehead atoms. The maximum atomic E-state index is 12.1. The Labute approximate surface area is 112 Å². The van der Waals surface area contributed by atoms with Gasteiger partial charge in [0.15, 0.2) is 0 Å². The number of aromatic nitrogens is 1. The molecule has 1 saturated carbocycles. The Balaban J connectivity index is 1.60. The van der Waals surface area contributed by atoms with Gasteiger partial charge in [0, 0.05) is 25.5 Å². The summed E-state index contributed by atoms with van der Waals surface area (Å²) >= 11 is 0. The van der Waals surface area contributed by atoms with Gasteiger partial charge in [-0.2, -0.15) is 0 Å². The van der Waals surface area contributed by atoms with E-state index in [4.69, 9.17) is 15.2 Å². The number of anilines is 1. The minimum absolute atomic E-state index is 0.255. The number of carbonyl (C=O) groups excluding carboxylic acids is 1. The molecule has 0 aromatic carbocycles. The number of carbonyl (C=O) groups is 1. The van der Waals surface area contributed by atoms with Crippen LogP contribution in [0.15, 0.2) is 12.3 Å². The van der Waals surface area contributed by atoms with E-state index in [9.17, 15) is 4.79 Å². The van der Waals surface area contributed by atoms with Crippen molar-refractivity contribution < 1.29 is 14.3 Å². The van der Waals surface area contributed by atoms with Crippen LogP contribution < -0.4 is 5.73 Å². The lowest BCUT2D eigenvalue weighted by Gasteiger charge is -2.21. The molecular formula is C14H20N2O3. The van der Waals surface area contributed by atoms with Gasteiger partial charge in [-0.3, -0.25) is 0 Å². The number of hydrogen-bond donors (Lipinski definition) is 1. The van der Waals surface area contributed by atoms with Crippen LogP contribution in [-0.2, 0) is 9.47 Å². The number of nitrogens with two attached hydrogens (primary N) is 1. The Kier molecular flexibility index (Phi) is 3.46. The summed E-state index contributed by atoms with van der Waals surface area (Å²) in [4.78, 5) is 12.1. The lowest BCUT2D eigenvalue weighted by Crippen LogP contribution is -2.22. The van der Waals surface area contributed by atoms with Crippen molar-refractivity contribution in [3.05, 3.63) is 18.0 Å². The summed E-state index contributed by atoms with van der Waals surface area (Å²) in [5.41, 5.74) is 7.00. The highest BCUT2D eigenvalue weighted by Gasteiger charge is 2.28. The molecule has 1 aliphatic heterocycles. The van der Waals surface area contributed by atoms with Crippen molar-refractivity contribution in [2.24, 2.45) is 5.92 Å². The van der Waals surface area contributed by atoms with Gasteiger partial charge >= 0.3 is 5.97 Å². The summed E-state index contributed by atoms with van der Waals surface area (Å²) in [6.45, 7) is 2.03. The molecule has 5 nitrogen and oxygen atoms in total. The first-order chi connectivity index (χ1) is 9.24. The second-order valence-electron chi connectivity index (χ2n) is 5.45. The second-order valence-corrected chi connectivity index (χ2v) is 5.45. The van der Waals surface area contributed by atoms with Gasteiger partial charge in [0.1, 0.15) is 5.69 Å². The molecule has 2 aliphatic rings. The quantitative estimate of drug-likeness (QED) is 0.844. The van der Waals surface area contributed by atoms with E-state index in [1.165, 1.54) is 0 Å². The molecular weight excluding hydrogens is 244 g/mol. The number of nitrogen functional groups attached to an aromatic ring is 1. The van der Waals surface area contributed by atoms with E-state index in [1.54, 1.807) is 6.07 Å². The van der Waals surface area contributed by atoms with Crippen molar-refractivity contribution in [1.82, 2.24) is 4.57 Å². The van der Waals surface area contributed by atoms with Gasteiger partial charge in [-0.25, -0.2) is 4.79 Å². The first kappa shape index (κ1) is 12.5. The van der Waals surface area contributed by atoms with E-state index in [0.717, 1.165) is 38.9 Å². The Hall–Kier alpha value is -1.49. The summed E-state index contributed by atoms with van der Waals surface area (Å²) in [5.74, 6) is 0.175. The Bertz CT molecular complexity index is 459. The van der Waals surface area contributed by atoms with Gasteiger partial charge in [-0.1, -0.05) is 0 Å². The second kappa shape index (κ2) is 5.25. The monoisotopic (exact) mass is 264 g/mol. The third kappa shape index (κ3) is 2.92. The fourth-order valence-electron chi connectivity index (χ4n) is 2.50. The summed E-state index contributed by atoms with van der Waals surface area (Å²) < 4.78 is 12.7. The Morgan fingerprint density at radius 1 is 1.37 bits per heavy atom. The van der Waals surface area contributed by atoms with Crippen LogP contribution in [-0.4, -0.2) is 30.4 Å². The van der Waals surface area contributed by atoms with Crippen LogP contribution in [0, 0.1) is 5.92 Å². The molecule has 5 heteroatoms. The maximum Gasteiger partial charge on any atom is 0.355 e. The van der Waals surface area contributed by atoms with Crippen molar-refractivity contribution in [3.8, 4) is 0 Å². The zero-order valence-electron chi connectivity index (χ0n) is 11.0. The van der Waals surface area contributed by atoms with Crippen LogP contribution >= 0.6 is 0 Å². The van der Waals surface area contributed by atoms with Crippen molar-refractivity contribution in [2.75, 3.05) is 25.6 Å². The molecule has 1 aromatic rings. The standard InChI is InChI=1S/C14H20N2O3/c15-11-7-13(16(8-11)12-1-2-12)14(17)19-9-10-3-5-18-6-4-10/h7-8,10,12H,1-6,9,15H2. The first-order valence-electron chi connectivity index (χ1n) is 6.96. The van der Waals surface area contributed by atoms with Crippen LogP contribution in [0.2, 0.25) is 0 Å². The maximum absolute atomic E-state index is 12.1. The third-order valence-corrected chi connectivity index (χ3v) is 3.81. The summed E-state index contributed by atoms with van der Waals surface area (Å²) in [6, 6.07) is 2.15. The largest absolute Gasteiger partial charge is 0.461 e. The predicted octanol–water partition coefficient (Wildman–Crippen LogP) is 1.99. The molecule has 2 fully saturated rings. The predicted molar refractivity (Wildman–Crippen MR) is 70.9 cm³/mol. The van der Waals surface area contributed by atoms with Gasteiger partial charge in [-0.05, 0) is 37.7 Å². The van der Waals surface area contributed by atoms with E-state index in [1.807, 2.05) is 10.8 Å². The highest BCUT2D eigenvalue weighted by molar-refractivity contribution is 5.89. The smallest absolute Gasteiger partial charge is 0.355 e. The highest BCUT2D eigenvalue weighted by atomic mass is 16.5.